The predicted octanol–water partition coefficient (Wildman–Crippen LogP) is -1.14. The van der Waals surface area contributed by atoms with Gasteiger partial charge in [-0.25, -0.2) is 0 Å². The van der Waals surface area contributed by atoms with Crippen molar-refractivity contribution in [3.05, 3.63) is 18.2 Å². The second-order valence-corrected chi connectivity index (χ2v) is 1.85. The molecule has 0 atom stereocenters. The topological polar surface area (TPSA) is 26.0 Å². The summed E-state index contributed by atoms with van der Waals surface area (Å²) in [6.07, 6.45) is 0. The Morgan fingerprint density at radius 1 is 1.11 bits per heavy atom. The maximum Gasteiger partial charge on any atom is 0.116 e. The molecule has 0 aromatic heterocycles. The van der Waals surface area contributed by atoms with E-state index < -0.39 is 0 Å². The number of anilines is 1. The first-order chi connectivity index (χ1) is 4.22. The molecule has 1 rings (SSSR count). The lowest BCUT2D eigenvalue weighted by Gasteiger charge is -2.01. The van der Waals surface area contributed by atoms with Crippen molar-refractivity contribution in [3.63, 3.8) is 0 Å². The maximum absolute atomic E-state index is 5.43. The fraction of sp³-hybridized carbons (Fsp3) is 0. The molecular weight excluding hydrogens is 108 g/mol. The van der Waals surface area contributed by atoms with Gasteiger partial charge in [0, 0.05) is 5.69 Å². The van der Waals surface area contributed by atoms with Crippen LogP contribution in [0.4, 0.5) is 5.69 Å². The molecule has 0 saturated heterocycles. The highest BCUT2D eigenvalue weighted by molar-refractivity contribution is 6.43. The van der Waals surface area contributed by atoms with E-state index in [0.717, 1.165) is 0 Å². The van der Waals surface area contributed by atoms with E-state index in [1.165, 1.54) is 0 Å². The maximum atomic E-state index is 5.43. The molecular formula is C6H5B2N. The molecule has 4 radical (unpaired) electrons. The highest BCUT2D eigenvalue weighted by Gasteiger charge is 1.91. The first-order valence-electron chi connectivity index (χ1n) is 2.61. The molecule has 1 aromatic carbocycles. The van der Waals surface area contributed by atoms with E-state index in [4.69, 9.17) is 21.4 Å². The zero-order valence-corrected chi connectivity index (χ0v) is 4.96. The van der Waals surface area contributed by atoms with Gasteiger partial charge in [-0.05, 0) is 0 Å². The Balaban J connectivity index is 3.25. The minimum absolute atomic E-state index is 0.470. The summed E-state index contributed by atoms with van der Waals surface area (Å²) >= 11 is 0. The SMILES string of the molecule is [B]c1cccc([B])c1N. The van der Waals surface area contributed by atoms with Crippen LogP contribution >= 0.6 is 0 Å². The summed E-state index contributed by atoms with van der Waals surface area (Å²) in [7, 11) is 10.8. The minimum Gasteiger partial charge on any atom is -0.400 e. The molecule has 0 spiro atoms. The van der Waals surface area contributed by atoms with Gasteiger partial charge in [0.2, 0.25) is 0 Å². The molecule has 0 amide bonds. The molecule has 0 saturated carbocycles. The first kappa shape index (κ1) is 6.27. The van der Waals surface area contributed by atoms with Gasteiger partial charge >= 0.3 is 0 Å². The molecule has 9 heavy (non-hydrogen) atoms. The highest BCUT2D eigenvalue weighted by atomic mass is 14.5. The fourth-order valence-corrected chi connectivity index (χ4v) is 0.602. The highest BCUT2D eigenvalue weighted by Crippen LogP contribution is 1.87. The second kappa shape index (κ2) is 2.18. The number of para-hydroxylation sites is 1. The van der Waals surface area contributed by atoms with Crippen molar-refractivity contribution in [1.29, 1.82) is 0 Å². The van der Waals surface area contributed by atoms with Gasteiger partial charge in [0.25, 0.3) is 0 Å². The Morgan fingerprint density at radius 2 is 1.56 bits per heavy atom. The summed E-state index contributed by atoms with van der Waals surface area (Å²) in [5.74, 6) is 0. The molecule has 0 unspecified atom stereocenters. The monoisotopic (exact) mass is 113 g/mol. The van der Waals surface area contributed by atoms with E-state index in [9.17, 15) is 0 Å². The largest absolute Gasteiger partial charge is 0.400 e. The van der Waals surface area contributed by atoms with Crippen LogP contribution in [0.1, 0.15) is 0 Å². The van der Waals surface area contributed by atoms with Gasteiger partial charge < -0.3 is 5.73 Å². The summed E-state index contributed by atoms with van der Waals surface area (Å²) in [6.45, 7) is 0. The average Bonchev–Trinajstić information content (AvgIpc) is 1.83. The summed E-state index contributed by atoms with van der Waals surface area (Å²) < 4.78 is 0. The molecule has 1 aromatic rings. The normalized spacial score (nSPS) is 9.33. The lowest BCUT2D eigenvalue weighted by molar-refractivity contribution is 1.80. The van der Waals surface area contributed by atoms with Crippen molar-refractivity contribution in [2.45, 2.75) is 0 Å². The third-order valence-electron chi connectivity index (χ3n) is 1.17. The zero-order chi connectivity index (χ0) is 6.85. The number of rotatable bonds is 0. The summed E-state index contributed by atoms with van der Waals surface area (Å²) in [5, 5.41) is 0. The van der Waals surface area contributed by atoms with Crippen LogP contribution in [-0.2, 0) is 0 Å². The van der Waals surface area contributed by atoms with Crippen LogP contribution in [0.15, 0.2) is 18.2 Å². The summed E-state index contributed by atoms with van der Waals surface area (Å²) in [4.78, 5) is 0. The Morgan fingerprint density at radius 3 is 1.89 bits per heavy atom. The van der Waals surface area contributed by atoms with E-state index in [1.54, 1.807) is 18.2 Å². The van der Waals surface area contributed by atoms with E-state index in [0.29, 0.717) is 16.6 Å². The smallest absolute Gasteiger partial charge is 0.116 e. The average molecular weight is 113 g/mol. The zero-order valence-electron chi connectivity index (χ0n) is 4.96. The molecule has 40 valence electrons. The lowest BCUT2D eigenvalue weighted by atomic mass is 9.85. The Hall–Kier alpha value is -0.850. The van der Waals surface area contributed by atoms with E-state index in [1.807, 2.05) is 0 Å². The lowest BCUT2D eigenvalue weighted by Crippen LogP contribution is -2.20. The Bertz CT molecular complexity index is 202. The van der Waals surface area contributed by atoms with E-state index in [2.05, 4.69) is 0 Å². The first-order valence-corrected chi connectivity index (χ1v) is 2.61. The molecule has 3 heteroatoms. The standard InChI is InChI=1S/C6H5B2N/c7-4-2-1-3-5(8)6(4)9/h1-3H,9H2. The van der Waals surface area contributed by atoms with Crippen LogP contribution in [0.5, 0.6) is 0 Å². The van der Waals surface area contributed by atoms with Crippen LogP contribution < -0.4 is 16.7 Å². The molecule has 1 nitrogen and oxygen atoms in total. The van der Waals surface area contributed by atoms with Gasteiger partial charge in [0.1, 0.15) is 15.7 Å². The van der Waals surface area contributed by atoms with Crippen molar-refractivity contribution in [2.75, 3.05) is 5.73 Å². The van der Waals surface area contributed by atoms with Crippen molar-refractivity contribution < 1.29 is 0 Å². The van der Waals surface area contributed by atoms with Gasteiger partial charge in [-0.15, -0.1) is 0 Å². The molecule has 0 aliphatic rings. The number of benzene rings is 1. The number of hydrogen-bond donors (Lipinski definition) is 1. The second-order valence-electron chi connectivity index (χ2n) is 1.85. The van der Waals surface area contributed by atoms with Crippen LogP contribution in [0.3, 0.4) is 0 Å². The fourth-order valence-electron chi connectivity index (χ4n) is 0.602. The minimum atomic E-state index is 0.470. The third kappa shape index (κ3) is 1.10. The molecule has 0 fully saturated rings. The van der Waals surface area contributed by atoms with E-state index >= 15 is 0 Å². The van der Waals surface area contributed by atoms with Gasteiger partial charge in [-0.3, -0.25) is 0 Å². The number of nitrogen functional groups attached to an aromatic ring is 1. The van der Waals surface area contributed by atoms with Crippen LogP contribution in [0, 0.1) is 0 Å². The van der Waals surface area contributed by atoms with Gasteiger partial charge in [0.15, 0.2) is 0 Å². The van der Waals surface area contributed by atoms with Gasteiger partial charge in [0.05, 0.1) is 0 Å². The molecule has 0 aliphatic carbocycles. The van der Waals surface area contributed by atoms with Crippen LogP contribution in [0.25, 0.3) is 0 Å². The summed E-state index contributed by atoms with van der Waals surface area (Å²) in [5.41, 5.74) is 6.98. The van der Waals surface area contributed by atoms with Crippen molar-refractivity contribution in [3.8, 4) is 0 Å². The molecule has 0 heterocycles. The van der Waals surface area contributed by atoms with Crippen LogP contribution in [-0.4, -0.2) is 15.7 Å². The molecule has 2 N–H and O–H groups in total. The van der Waals surface area contributed by atoms with Crippen LogP contribution in [0.2, 0.25) is 0 Å². The van der Waals surface area contributed by atoms with Gasteiger partial charge in [-0.1, -0.05) is 29.1 Å². The molecule has 0 bridgehead atoms. The van der Waals surface area contributed by atoms with Crippen molar-refractivity contribution in [1.82, 2.24) is 0 Å². The van der Waals surface area contributed by atoms with E-state index in [-0.39, 0.29) is 0 Å². The number of nitrogens with two attached hydrogens (primary N) is 1. The predicted molar refractivity (Wildman–Crippen MR) is 41.6 cm³/mol. The number of hydrogen-bond acceptors (Lipinski definition) is 1. The third-order valence-corrected chi connectivity index (χ3v) is 1.17. The van der Waals surface area contributed by atoms with Crippen molar-refractivity contribution >= 4 is 32.3 Å². The van der Waals surface area contributed by atoms with Crippen molar-refractivity contribution in [2.24, 2.45) is 0 Å². The molecule has 0 aliphatic heterocycles. The Kier molecular flexibility index (Phi) is 1.52. The Labute approximate surface area is 57.1 Å². The van der Waals surface area contributed by atoms with Gasteiger partial charge in [-0.2, -0.15) is 0 Å². The summed E-state index contributed by atoms with van der Waals surface area (Å²) in [6, 6.07) is 5.19. The quantitative estimate of drug-likeness (QED) is 0.333.